The molecule has 18 heavy (non-hydrogen) atoms. The zero-order chi connectivity index (χ0) is 14.1. The Morgan fingerprint density at radius 2 is 1.56 bits per heavy atom. The van der Waals surface area contributed by atoms with Crippen LogP contribution >= 0.6 is 0 Å². The largest absolute Gasteiger partial charge is 0.458 e. The average molecular weight is 280 g/mol. The van der Waals surface area contributed by atoms with Crippen LogP contribution in [0.5, 0.6) is 0 Å². The van der Waals surface area contributed by atoms with Gasteiger partial charge in [0.25, 0.3) is 0 Å². The van der Waals surface area contributed by atoms with Crippen LogP contribution in [-0.4, -0.2) is 6.18 Å². The van der Waals surface area contributed by atoms with Crippen LogP contribution in [0.25, 0.3) is 0 Å². The van der Waals surface area contributed by atoms with E-state index in [1.54, 1.807) is 0 Å². The van der Waals surface area contributed by atoms with Crippen LogP contribution in [-0.2, 0) is 5.92 Å². The van der Waals surface area contributed by atoms with Crippen LogP contribution in [0, 0.1) is 0 Å². The van der Waals surface area contributed by atoms with E-state index in [4.69, 9.17) is 0 Å². The van der Waals surface area contributed by atoms with Crippen LogP contribution in [0.3, 0.4) is 0 Å². The normalized spacial score (nSPS) is 12.4. The molecule has 0 bridgehead atoms. The quantitative estimate of drug-likeness (QED) is 0.659. The fourth-order valence-electron chi connectivity index (χ4n) is 1.11. The zero-order valence-corrected chi connectivity index (χ0v) is 8.20. The van der Waals surface area contributed by atoms with Gasteiger partial charge in [0.15, 0.2) is 0 Å². The van der Waals surface area contributed by atoms with Crippen molar-refractivity contribution in [1.82, 2.24) is 0 Å². The van der Waals surface area contributed by atoms with Crippen LogP contribution in [0.2, 0.25) is 0 Å². The molecular formula is C8H4F8N2. The summed E-state index contributed by atoms with van der Waals surface area (Å²) in [6.07, 6.45) is -5.94. The number of nitrogens with zero attached hydrogens (tertiary/aromatic N) is 1. The lowest BCUT2D eigenvalue weighted by Crippen LogP contribution is -2.33. The van der Waals surface area contributed by atoms with Crippen molar-refractivity contribution in [3.05, 3.63) is 23.8 Å². The summed E-state index contributed by atoms with van der Waals surface area (Å²) >= 11 is 0. The maximum atomic E-state index is 12.8. The molecule has 10 heteroatoms. The van der Waals surface area contributed by atoms with Crippen molar-refractivity contribution < 1.29 is 35.4 Å². The van der Waals surface area contributed by atoms with Crippen molar-refractivity contribution in [2.45, 2.75) is 12.1 Å². The van der Waals surface area contributed by atoms with Gasteiger partial charge in [-0.2, -0.15) is 22.0 Å². The van der Waals surface area contributed by atoms with Crippen LogP contribution in [0.1, 0.15) is 5.56 Å². The molecule has 0 amide bonds. The van der Waals surface area contributed by atoms with Gasteiger partial charge in [0, 0.05) is 5.56 Å². The molecule has 0 spiro atoms. The van der Waals surface area contributed by atoms with Crippen molar-refractivity contribution >= 4 is 11.4 Å². The summed E-state index contributed by atoms with van der Waals surface area (Å²) in [5.74, 6) is -5.31. The van der Waals surface area contributed by atoms with Crippen LogP contribution in [0.4, 0.5) is 46.8 Å². The Morgan fingerprint density at radius 3 is 1.94 bits per heavy atom. The Labute approximate surface area is 94.6 Å². The zero-order valence-electron chi connectivity index (χ0n) is 8.20. The monoisotopic (exact) mass is 280 g/mol. The summed E-state index contributed by atoms with van der Waals surface area (Å²) in [5.41, 5.74) is -3.36. The molecule has 2 nitrogen and oxygen atoms in total. The Hall–Kier alpha value is -1.74. The summed E-state index contributed by atoms with van der Waals surface area (Å²) in [6.45, 7) is 0. The summed E-state index contributed by atoms with van der Waals surface area (Å²) in [4.78, 5) is 0. The third kappa shape index (κ3) is 2.41. The molecule has 0 saturated carbocycles. The van der Waals surface area contributed by atoms with Crippen molar-refractivity contribution in [3.63, 3.8) is 0 Å². The average Bonchev–Trinajstić information content (AvgIpc) is 2.26. The Balaban J connectivity index is 3.33. The number of halogens is 8. The molecule has 102 valence electrons. The van der Waals surface area contributed by atoms with Gasteiger partial charge in [0.1, 0.15) is 5.69 Å². The van der Waals surface area contributed by atoms with Gasteiger partial charge in [0.2, 0.25) is 0 Å². The van der Waals surface area contributed by atoms with Gasteiger partial charge < -0.3 is 0 Å². The molecule has 0 aliphatic heterocycles. The molecule has 0 fully saturated rings. The second-order valence-electron chi connectivity index (χ2n) is 3.13. The molecule has 0 radical (unpaired) electrons. The van der Waals surface area contributed by atoms with E-state index < -0.39 is 34.4 Å². The highest BCUT2D eigenvalue weighted by molar-refractivity contribution is 5.68. The maximum absolute atomic E-state index is 12.8. The van der Waals surface area contributed by atoms with Gasteiger partial charge in [-0.15, -0.1) is 4.48 Å². The molecule has 1 N–H and O–H groups in total. The van der Waals surface area contributed by atoms with Crippen molar-refractivity contribution in [1.29, 1.82) is 0 Å². The SMILES string of the molecule is FNc1ccc(C(F)(F)C(F)(F)F)cc1N(F)F. The van der Waals surface area contributed by atoms with Crippen LogP contribution in [0.15, 0.2) is 18.2 Å². The second-order valence-corrected chi connectivity index (χ2v) is 3.13. The fraction of sp³-hybridized carbons (Fsp3) is 0.250. The van der Waals surface area contributed by atoms with Crippen molar-refractivity contribution in [2.75, 3.05) is 10.9 Å². The Kier molecular flexibility index (Phi) is 3.58. The smallest absolute Gasteiger partial charge is 0.222 e. The van der Waals surface area contributed by atoms with E-state index in [1.807, 2.05) is 0 Å². The molecule has 1 rings (SSSR count). The number of alkyl halides is 5. The van der Waals surface area contributed by atoms with Gasteiger partial charge in [-0.1, -0.05) is 15.0 Å². The number of hydrogen-bond donors (Lipinski definition) is 1. The first-order valence-corrected chi connectivity index (χ1v) is 4.18. The predicted octanol–water partition coefficient (Wildman–Crippen LogP) is 4.21. The minimum absolute atomic E-state index is 0.157. The van der Waals surface area contributed by atoms with Gasteiger partial charge in [-0.05, 0) is 17.5 Å². The molecule has 0 aromatic heterocycles. The van der Waals surface area contributed by atoms with E-state index in [0.29, 0.717) is 6.07 Å². The molecule has 0 saturated heterocycles. The Bertz CT molecular complexity index is 428. The van der Waals surface area contributed by atoms with E-state index in [-0.39, 0.29) is 12.1 Å². The summed E-state index contributed by atoms with van der Waals surface area (Å²) in [5, 5.41) is -1.78. The first kappa shape index (κ1) is 14.3. The van der Waals surface area contributed by atoms with Gasteiger partial charge in [-0.3, -0.25) is 0 Å². The number of anilines is 2. The van der Waals surface area contributed by atoms with Crippen molar-refractivity contribution in [3.8, 4) is 0 Å². The van der Waals surface area contributed by atoms with E-state index in [2.05, 4.69) is 0 Å². The summed E-state index contributed by atoms with van der Waals surface area (Å²) in [7, 11) is 0. The molecule has 0 atom stereocenters. The minimum Gasteiger partial charge on any atom is -0.222 e. The highest BCUT2D eigenvalue weighted by atomic mass is 19.4. The number of rotatable bonds is 3. The van der Waals surface area contributed by atoms with E-state index in [0.717, 1.165) is 5.54 Å². The highest BCUT2D eigenvalue weighted by Crippen LogP contribution is 2.45. The molecule has 0 aliphatic carbocycles. The molecule has 0 heterocycles. The van der Waals surface area contributed by atoms with Gasteiger partial charge in [-0.25, -0.2) is 5.54 Å². The van der Waals surface area contributed by atoms with E-state index >= 15 is 0 Å². The fourth-order valence-corrected chi connectivity index (χ4v) is 1.11. The van der Waals surface area contributed by atoms with Gasteiger partial charge in [0.05, 0.1) is 5.69 Å². The first-order valence-electron chi connectivity index (χ1n) is 4.18. The lowest BCUT2D eigenvalue weighted by atomic mass is 10.1. The van der Waals surface area contributed by atoms with E-state index in [9.17, 15) is 35.4 Å². The number of hydrogen-bond acceptors (Lipinski definition) is 2. The molecule has 0 unspecified atom stereocenters. The first-order chi connectivity index (χ1) is 8.11. The topological polar surface area (TPSA) is 15.3 Å². The predicted molar refractivity (Wildman–Crippen MR) is 45.8 cm³/mol. The molecule has 1 aromatic carbocycles. The second kappa shape index (κ2) is 4.50. The number of benzene rings is 1. The van der Waals surface area contributed by atoms with Crippen molar-refractivity contribution in [2.24, 2.45) is 0 Å². The van der Waals surface area contributed by atoms with E-state index in [1.165, 1.54) is 0 Å². The third-order valence-corrected chi connectivity index (χ3v) is 2.00. The Morgan fingerprint density at radius 1 is 1.00 bits per heavy atom. The standard InChI is InChI=1S/C8H4F8N2/c9-7(10,8(11,12)13)4-1-2-5(17-14)6(3-4)18(15)16/h1-3,17H. The maximum Gasteiger partial charge on any atom is 0.458 e. The molecule has 0 aliphatic rings. The summed E-state index contributed by atoms with van der Waals surface area (Å²) in [6, 6.07) is 0.383. The minimum atomic E-state index is -5.94. The third-order valence-electron chi connectivity index (χ3n) is 2.00. The molecular weight excluding hydrogens is 276 g/mol. The lowest BCUT2D eigenvalue weighted by molar-refractivity contribution is -0.289. The number of nitrogens with one attached hydrogen (secondary N) is 1. The van der Waals surface area contributed by atoms with Crippen LogP contribution < -0.4 is 10.9 Å². The lowest BCUT2D eigenvalue weighted by Gasteiger charge is -2.21. The highest BCUT2D eigenvalue weighted by Gasteiger charge is 2.58. The molecule has 1 aromatic rings. The summed E-state index contributed by atoms with van der Waals surface area (Å²) < 4.78 is 98.0. The van der Waals surface area contributed by atoms with Gasteiger partial charge >= 0.3 is 12.1 Å².